The topological polar surface area (TPSA) is 73.6 Å². The number of carbonyl (C=O) groups is 1. The molecule has 134 valence electrons. The summed E-state index contributed by atoms with van der Waals surface area (Å²) in [5.74, 6) is -0.399. The number of hydrogen-bond acceptors (Lipinski definition) is 4. The summed E-state index contributed by atoms with van der Waals surface area (Å²) in [6, 6.07) is 3.31. The lowest BCUT2D eigenvalue weighted by Gasteiger charge is -2.22. The average molecular weight is 346 g/mol. The lowest BCUT2D eigenvalue weighted by Crippen LogP contribution is -2.25. The Balaban J connectivity index is 1.88. The van der Waals surface area contributed by atoms with Crippen LogP contribution in [0.3, 0.4) is 0 Å². The number of ether oxygens (including phenoxy) is 2. The summed E-state index contributed by atoms with van der Waals surface area (Å²) in [5, 5.41) is 2.47. The molecule has 1 amide bonds. The van der Waals surface area contributed by atoms with Gasteiger partial charge in [-0.15, -0.1) is 0 Å². The van der Waals surface area contributed by atoms with Gasteiger partial charge in [0.2, 0.25) is 5.91 Å². The molecule has 0 bridgehead atoms. The van der Waals surface area contributed by atoms with Crippen molar-refractivity contribution in [2.75, 3.05) is 25.1 Å². The average Bonchev–Trinajstić information content (AvgIpc) is 2.54. The molecule has 0 unspecified atom stereocenters. The first kappa shape index (κ1) is 18.7. The zero-order valence-electron chi connectivity index (χ0n) is 13.2. The molecular formula is C16H21F3N2O3. The van der Waals surface area contributed by atoms with Crippen molar-refractivity contribution in [3.63, 3.8) is 0 Å². The van der Waals surface area contributed by atoms with E-state index in [2.05, 4.69) is 5.32 Å². The zero-order chi connectivity index (χ0) is 17.6. The predicted octanol–water partition coefficient (Wildman–Crippen LogP) is 2.69. The molecule has 3 N–H and O–H groups in total. The van der Waals surface area contributed by atoms with E-state index in [4.69, 9.17) is 15.2 Å². The molecule has 8 heteroatoms. The van der Waals surface area contributed by atoms with Crippen molar-refractivity contribution in [3.05, 3.63) is 29.3 Å². The molecule has 1 fully saturated rings. The van der Waals surface area contributed by atoms with Gasteiger partial charge in [0.15, 0.2) is 0 Å². The second-order valence-electron chi connectivity index (χ2n) is 5.60. The molecule has 2 rings (SSSR count). The summed E-state index contributed by atoms with van der Waals surface area (Å²) in [7, 11) is 0. The summed E-state index contributed by atoms with van der Waals surface area (Å²) in [6.07, 6.45) is -2.77. The van der Waals surface area contributed by atoms with E-state index in [-0.39, 0.29) is 31.4 Å². The maximum atomic E-state index is 12.8. The van der Waals surface area contributed by atoms with E-state index in [0.29, 0.717) is 18.8 Å². The van der Waals surface area contributed by atoms with Crippen molar-refractivity contribution in [1.82, 2.24) is 0 Å². The number of rotatable bonds is 6. The van der Waals surface area contributed by atoms with Crippen molar-refractivity contribution >= 4 is 11.6 Å². The van der Waals surface area contributed by atoms with Gasteiger partial charge < -0.3 is 20.5 Å². The molecule has 0 radical (unpaired) electrons. The Labute approximate surface area is 138 Å². The van der Waals surface area contributed by atoms with E-state index in [1.807, 2.05) is 0 Å². The van der Waals surface area contributed by atoms with Crippen LogP contribution < -0.4 is 11.1 Å². The zero-order valence-corrected chi connectivity index (χ0v) is 13.2. The summed E-state index contributed by atoms with van der Waals surface area (Å²) in [4.78, 5) is 11.9. The number of halogens is 3. The van der Waals surface area contributed by atoms with Gasteiger partial charge in [-0.1, -0.05) is 0 Å². The maximum Gasteiger partial charge on any atom is 0.416 e. The quantitative estimate of drug-likeness (QED) is 0.831. The highest BCUT2D eigenvalue weighted by atomic mass is 19.4. The highest BCUT2D eigenvalue weighted by Crippen LogP contribution is 2.32. The van der Waals surface area contributed by atoms with Gasteiger partial charge in [0.05, 0.1) is 24.7 Å². The van der Waals surface area contributed by atoms with Crippen LogP contribution in [0, 0.1) is 0 Å². The van der Waals surface area contributed by atoms with Crippen molar-refractivity contribution in [2.24, 2.45) is 5.73 Å². The first-order valence-electron chi connectivity index (χ1n) is 7.79. The van der Waals surface area contributed by atoms with Crippen LogP contribution in [0.4, 0.5) is 18.9 Å². The van der Waals surface area contributed by atoms with E-state index in [1.54, 1.807) is 0 Å². The molecule has 1 saturated heterocycles. The van der Waals surface area contributed by atoms with E-state index in [1.165, 1.54) is 6.07 Å². The normalized spacial score (nSPS) is 16.2. The molecular weight excluding hydrogens is 325 g/mol. The van der Waals surface area contributed by atoms with Gasteiger partial charge in [0.1, 0.15) is 0 Å². The largest absolute Gasteiger partial charge is 0.416 e. The van der Waals surface area contributed by atoms with Crippen molar-refractivity contribution in [3.8, 4) is 0 Å². The van der Waals surface area contributed by atoms with Crippen molar-refractivity contribution in [2.45, 2.75) is 38.1 Å². The van der Waals surface area contributed by atoms with E-state index < -0.39 is 17.6 Å². The van der Waals surface area contributed by atoms with Crippen molar-refractivity contribution < 1.29 is 27.4 Å². The Morgan fingerprint density at radius 3 is 2.62 bits per heavy atom. The van der Waals surface area contributed by atoms with Crippen LogP contribution in [0.25, 0.3) is 0 Å². The second-order valence-corrected chi connectivity index (χ2v) is 5.60. The van der Waals surface area contributed by atoms with Gasteiger partial charge in [0, 0.05) is 25.4 Å². The lowest BCUT2D eigenvalue weighted by molar-refractivity contribution is -0.137. The molecule has 0 spiro atoms. The summed E-state index contributed by atoms with van der Waals surface area (Å²) >= 11 is 0. The van der Waals surface area contributed by atoms with Crippen LogP contribution in [-0.4, -0.2) is 31.8 Å². The number of benzene rings is 1. The smallest absolute Gasteiger partial charge is 0.381 e. The molecule has 1 heterocycles. The van der Waals surface area contributed by atoms with Crippen LogP contribution in [0.2, 0.25) is 0 Å². The first-order valence-corrected chi connectivity index (χ1v) is 7.79. The van der Waals surface area contributed by atoms with Crippen molar-refractivity contribution in [1.29, 1.82) is 0 Å². The van der Waals surface area contributed by atoms with E-state index in [9.17, 15) is 18.0 Å². The van der Waals surface area contributed by atoms with Crippen LogP contribution in [0.5, 0.6) is 0 Å². The molecule has 1 aromatic carbocycles. The van der Waals surface area contributed by atoms with E-state index >= 15 is 0 Å². The van der Waals surface area contributed by atoms with Gasteiger partial charge in [-0.05, 0) is 36.6 Å². The van der Waals surface area contributed by atoms with Gasteiger partial charge >= 0.3 is 6.18 Å². The number of amides is 1. The van der Waals surface area contributed by atoms with Gasteiger partial charge in [0.25, 0.3) is 0 Å². The predicted molar refractivity (Wildman–Crippen MR) is 82.4 cm³/mol. The summed E-state index contributed by atoms with van der Waals surface area (Å²) in [5.41, 5.74) is 4.97. The number of alkyl halides is 3. The van der Waals surface area contributed by atoms with Crippen LogP contribution >= 0.6 is 0 Å². The molecule has 0 atom stereocenters. The monoisotopic (exact) mass is 346 g/mol. The molecule has 1 aromatic rings. The summed E-state index contributed by atoms with van der Waals surface area (Å²) < 4.78 is 49.3. The Morgan fingerprint density at radius 2 is 2.00 bits per heavy atom. The third-order valence-corrected chi connectivity index (χ3v) is 3.69. The molecule has 1 aliphatic rings. The Morgan fingerprint density at radius 1 is 1.29 bits per heavy atom. The number of hydrogen-bond donors (Lipinski definition) is 2. The van der Waals surface area contributed by atoms with Gasteiger partial charge in [-0.3, -0.25) is 4.79 Å². The number of nitrogens with one attached hydrogen (secondary N) is 1. The molecule has 1 aliphatic heterocycles. The lowest BCUT2D eigenvalue weighted by atomic mass is 10.1. The van der Waals surface area contributed by atoms with Crippen LogP contribution in [0.15, 0.2) is 18.2 Å². The number of nitrogens with two attached hydrogens (primary N) is 1. The fourth-order valence-electron chi connectivity index (χ4n) is 2.43. The third-order valence-electron chi connectivity index (χ3n) is 3.69. The molecule has 0 saturated carbocycles. The minimum Gasteiger partial charge on any atom is -0.381 e. The maximum absolute atomic E-state index is 12.8. The van der Waals surface area contributed by atoms with Crippen LogP contribution in [-0.2, 0) is 27.0 Å². The fourth-order valence-corrected chi connectivity index (χ4v) is 2.43. The minimum absolute atomic E-state index is 0.0420. The summed E-state index contributed by atoms with van der Waals surface area (Å²) in [6.45, 7) is 1.46. The van der Waals surface area contributed by atoms with E-state index in [0.717, 1.165) is 25.0 Å². The molecule has 0 aliphatic carbocycles. The highest BCUT2D eigenvalue weighted by Gasteiger charge is 2.31. The Hall–Kier alpha value is -1.64. The van der Waals surface area contributed by atoms with Crippen LogP contribution in [0.1, 0.15) is 30.4 Å². The highest BCUT2D eigenvalue weighted by molar-refractivity contribution is 5.91. The molecule has 5 nitrogen and oxygen atoms in total. The first-order chi connectivity index (χ1) is 11.4. The Kier molecular flexibility index (Phi) is 6.59. The molecule has 24 heavy (non-hydrogen) atoms. The number of anilines is 1. The van der Waals surface area contributed by atoms with Gasteiger partial charge in [-0.25, -0.2) is 0 Å². The third kappa shape index (κ3) is 5.77. The number of carbonyl (C=O) groups excluding carboxylic acids is 1. The standard InChI is InChI=1S/C16H21F3N2O3/c17-16(18,19)12-7-11(10-20)8-13(9-12)21-15(22)3-6-24-14-1-4-23-5-2-14/h7-9,14H,1-6,10,20H2,(H,21,22). The SMILES string of the molecule is NCc1cc(NC(=O)CCOC2CCOCC2)cc(C(F)(F)F)c1. The van der Waals surface area contributed by atoms with Gasteiger partial charge in [-0.2, -0.15) is 13.2 Å². The minimum atomic E-state index is -4.49. The second kappa shape index (κ2) is 8.46. The Bertz CT molecular complexity index is 558. The fraction of sp³-hybridized carbons (Fsp3) is 0.562. The molecule has 0 aromatic heterocycles.